The minimum atomic E-state index is -2.93. The molecular weight excluding hydrogens is 1080 g/mol. The zero-order valence-corrected chi connectivity index (χ0v) is 46.5. The maximum atomic E-state index is 14.6. The molecule has 14 nitrogen and oxygen atoms in total. The minimum Gasteiger partial charge on any atom is -0.486 e. The second-order valence-corrected chi connectivity index (χ2v) is 17.9. The maximum absolute atomic E-state index is 14.6. The molecule has 1 amide bonds. The van der Waals surface area contributed by atoms with Crippen molar-refractivity contribution in [2.75, 3.05) is 45.4 Å². The van der Waals surface area contributed by atoms with E-state index in [1.165, 1.54) is 55.0 Å². The molecule has 5 aromatic carbocycles. The molecule has 1 unspecified atom stereocenters. The molecule has 2 atom stereocenters. The number of nitrogens with two attached hydrogens (primary N) is 6. The SMILES string of the molecule is C=C(N)C(=C)/C(=C\N)NCc1cccc(C(F)F)c1F.CC.CCC(COC)N(C)C(=O)c1ccc(N)c(/C(=C\N)N[C@H](C)c2cccc(C(F)F)c2F)c1.N/C=C(/NCc1cccc(C(F)F)c1F)c1cc(OC2COC2)ccc1N. The molecule has 1 aliphatic rings. The normalized spacial score (nSPS) is 13.3. The number of amides is 1. The predicted molar refractivity (Wildman–Crippen MR) is 305 cm³/mol. The average Bonchev–Trinajstić information content (AvgIpc) is 3.56. The van der Waals surface area contributed by atoms with Crippen LogP contribution in [0.25, 0.3) is 11.4 Å². The number of hydrogen-bond acceptors (Lipinski definition) is 13. The van der Waals surface area contributed by atoms with Crippen LogP contribution in [0.5, 0.6) is 5.75 Å². The fourth-order valence-corrected chi connectivity index (χ4v) is 7.78. The van der Waals surface area contributed by atoms with Crippen molar-refractivity contribution in [3.63, 3.8) is 0 Å². The van der Waals surface area contributed by atoms with Gasteiger partial charge < -0.3 is 69.5 Å². The van der Waals surface area contributed by atoms with Crippen molar-refractivity contribution < 1.29 is 58.5 Å². The molecule has 0 spiro atoms. The molecule has 1 heterocycles. The van der Waals surface area contributed by atoms with Gasteiger partial charge in [-0.3, -0.25) is 4.79 Å². The second-order valence-electron chi connectivity index (χ2n) is 17.9. The number of halogens is 9. The van der Waals surface area contributed by atoms with Crippen molar-refractivity contribution in [1.82, 2.24) is 20.9 Å². The Hall–Kier alpha value is -8.44. The molecule has 0 aliphatic carbocycles. The molecule has 82 heavy (non-hydrogen) atoms. The van der Waals surface area contributed by atoms with Gasteiger partial charge >= 0.3 is 0 Å². The number of carbonyl (C=O) groups excluding carboxylic acids is 1. The number of nitrogens with one attached hydrogen (secondary N) is 3. The second kappa shape index (κ2) is 33.3. The summed E-state index contributed by atoms with van der Waals surface area (Å²) >= 11 is 0. The van der Waals surface area contributed by atoms with Crippen LogP contribution in [0, 0.1) is 17.5 Å². The van der Waals surface area contributed by atoms with Gasteiger partial charge in [0.05, 0.1) is 65.7 Å². The lowest BCUT2D eigenvalue weighted by Crippen LogP contribution is -2.39. The third kappa shape index (κ3) is 18.6. The van der Waals surface area contributed by atoms with Gasteiger partial charge in [0.25, 0.3) is 25.2 Å². The van der Waals surface area contributed by atoms with Gasteiger partial charge in [-0.1, -0.05) is 88.5 Å². The maximum Gasteiger partial charge on any atom is 0.266 e. The van der Waals surface area contributed by atoms with Gasteiger partial charge in [0.2, 0.25) is 0 Å². The standard InChI is InChI=1S/C24H31F3N4O2.C19H20F3N3O2.C14H16F3N3.C2H6/c1-5-16(13-33-4)31(3)24(32)15-9-10-20(29)19(11-15)21(12-28)30-14(2)17-7-6-8-18(22(17)25)23(26)27;20-18-11(2-1-3-14(18)19(21)22)8-25-17(7-23)15-6-12(4-5-16(15)24)27-13-9-26-10-13;1-8(9(2)19)12(6-18)20-7-10-4-3-5-11(13(10)15)14(16)17;1-2/h6-12,14,16,23,30H,5,13,28-29H2,1-4H3;1-7,13,19,25H,8-10,23-24H2;3-6,14,20H,1-2,7,18-19H2;1-2H3/b21-12+;17-7+;12-6+;/t14-,16?;;;/m1.../s1. The molecule has 1 saturated heterocycles. The molecule has 0 aromatic heterocycles. The van der Waals surface area contributed by atoms with E-state index in [9.17, 15) is 44.3 Å². The molecule has 0 bridgehead atoms. The van der Waals surface area contributed by atoms with Crippen molar-refractivity contribution in [1.29, 1.82) is 0 Å². The lowest BCUT2D eigenvalue weighted by Gasteiger charge is -2.27. The van der Waals surface area contributed by atoms with Crippen LogP contribution in [0.15, 0.2) is 140 Å². The van der Waals surface area contributed by atoms with Crippen LogP contribution in [0.3, 0.4) is 0 Å². The van der Waals surface area contributed by atoms with Gasteiger partial charge in [-0.05, 0) is 49.7 Å². The van der Waals surface area contributed by atoms with E-state index < -0.39 is 59.5 Å². The molecule has 15 N–H and O–H groups in total. The summed E-state index contributed by atoms with van der Waals surface area (Å²) in [6.07, 6.45) is -4.23. The van der Waals surface area contributed by atoms with E-state index in [-0.39, 0.29) is 53.5 Å². The number of rotatable bonds is 23. The number of likely N-dealkylation sites (N-methyl/N-ethyl adjacent to an activating group) is 1. The number of carbonyl (C=O) groups is 1. The van der Waals surface area contributed by atoms with E-state index in [1.807, 2.05) is 20.8 Å². The summed E-state index contributed by atoms with van der Waals surface area (Å²) in [7, 11) is 3.28. The van der Waals surface area contributed by atoms with Crippen LogP contribution in [-0.2, 0) is 22.6 Å². The third-order valence-electron chi connectivity index (χ3n) is 12.5. The first-order valence-electron chi connectivity index (χ1n) is 25.6. The summed E-state index contributed by atoms with van der Waals surface area (Å²) in [4.78, 5) is 14.6. The largest absolute Gasteiger partial charge is 0.486 e. The highest BCUT2D eigenvalue weighted by molar-refractivity contribution is 5.96. The Kier molecular flexibility index (Phi) is 27.6. The first kappa shape index (κ1) is 67.8. The molecule has 23 heteroatoms. The van der Waals surface area contributed by atoms with Crippen molar-refractivity contribution in [3.8, 4) is 5.75 Å². The van der Waals surface area contributed by atoms with Crippen LogP contribution < -0.4 is 55.1 Å². The third-order valence-corrected chi connectivity index (χ3v) is 12.5. The van der Waals surface area contributed by atoms with Crippen LogP contribution in [-0.4, -0.2) is 56.9 Å². The van der Waals surface area contributed by atoms with E-state index in [4.69, 9.17) is 48.6 Å². The van der Waals surface area contributed by atoms with Crippen molar-refractivity contribution in [2.45, 2.75) is 84.7 Å². The summed E-state index contributed by atoms with van der Waals surface area (Å²) in [5.41, 5.74) is 36.7. The molecule has 1 fully saturated rings. The van der Waals surface area contributed by atoms with Crippen molar-refractivity contribution in [2.24, 2.45) is 22.9 Å². The zero-order chi connectivity index (χ0) is 61.4. The number of anilines is 2. The fraction of sp³-hybridized carbons (Fsp3) is 0.305. The van der Waals surface area contributed by atoms with Gasteiger partial charge in [0, 0.05) is 102 Å². The zero-order valence-electron chi connectivity index (χ0n) is 46.5. The Morgan fingerprint density at radius 2 is 1.21 bits per heavy atom. The highest BCUT2D eigenvalue weighted by atomic mass is 19.3. The monoisotopic (exact) mass is 1160 g/mol. The van der Waals surface area contributed by atoms with Crippen molar-refractivity contribution in [3.05, 3.63) is 207 Å². The Balaban J connectivity index is 0.000000327. The quantitative estimate of drug-likeness (QED) is 0.0168. The summed E-state index contributed by atoms with van der Waals surface area (Å²) in [5, 5.41) is 8.76. The van der Waals surface area contributed by atoms with Gasteiger partial charge in [0.15, 0.2) is 0 Å². The van der Waals surface area contributed by atoms with E-state index >= 15 is 0 Å². The highest BCUT2D eigenvalue weighted by Crippen LogP contribution is 2.32. The molecular formula is C59H73F9N10O4. The molecule has 0 saturated carbocycles. The van der Waals surface area contributed by atoms with Crippen LogP contribution in [0.2, 0.25) is 0 Å². The Bertz CT molecular complexity index is 3010. The van der Waals surface area contributed by atoms with E-state index in [1.54, 1.807) is 62.4 Å². The molecule has 5 aromatic rings. The summed E-state index contributed by atoms with van der Waals surface area (Å²) in [6.45, 7) is 16.1. The van der Waals surface area contributed by atoms with E-state index in [0.29, 0.717) is 82.7 Å². The number of methoxy groups -OCH3 is 1. The van der Waals surface area contributed by atoms with Crippen LogP contribution >= 0.6 is 0 Å². The van der Waals surface area contributed by atoms with E-state index in [2.05, 4.69) is 29.1 Å². The van der Waals surface area contributed by atoms with E-state index in [0.717, 1.165) is 18.2 Å². The number of hydrogen-bond donors (Lipinski definition) is 9. The number of alkyl halides is 6. The lowest BCUT2D eigenvalue weighted by atomic mass is 10.0. The van der Waals surface area contributed by atoms with Gasteiger partial charge in [-0.15, -0.1) is 0 Å². The van der Waals surface area contributed by atoms with Gasteiger partial charge in [-0.2, -0.15) is 0 Å². The first-order chi connectivity index (χ1) is 39.0. The smallest absolute Gasteiger partial charge is 0.266 e. The van der Waals surface area contributed by atoms with Gasteiger partial charge in [-0.25, -0.2) is 39.5 Å². The summed E-state index contributed by atoms with van der Waals surface area (Å²) in [5.74, 6) is -2.49. The molecule has 6 rings (SSSR count). The average molecular weight is 1160 g/mol. The molecule has 0 radical (unpaired) electrons. The minimum absolute atomic E-state index is 0.00841. The summed E-state index contributed by atoms with van der Waals surface area (Å²) < 4.78 is 136. The molecule has 446 valence electrons. The predicted octanol–water partition coefficient (Wildman–Crippen LogP) is 11.3. The first-order valence-corrected chi connectivity index (χ1v) is 25.6. The Morgan fingerprint density at radius 1 is 0.720 bits per heavy atom. The van der Waals surface area contributed by atoms with Crippen molar-refractivity contribution >= 4 is 28.7 Å². The number of ether oxygens (including phenoxy) is 3. The van der Waals surface area contributed by atoms with Crippen LogP contribution in [0.1, 0.15) is 114 Å². The van der Waals surface area contributed by atoms with Gasteiger partial charge in [0.1, 0.15) is 29.3 Å². The summed E-state index contributed by atoms with van der Waals surface area (Å²) in [6, 6.07) is 20.6. The number of nitrogens with zero attached hydrogens (tertiary/aromatic N) is 1. The topological polar surface area (TPSA) is 240 Å². The Morgan fingerprint density at radius 3 is 1.67 bits per heavy atom. The molecule has 1 aliphatic heterocycles. The Labute approximate surface area is 472 Å². The highest BCUT2D eigenvalue weighted by Gasteiger charge is 2.25. The fourth-order valence-electron chi connectivity index (χ4n) is 7.78. The van der Waals surface area contributed by atoms with Crippen LogP contribution in [0.4, 0.5) is 50.9 Å². The number of nitrogen functional groups attached to an aromatic ring is 2. The number of benzene rings is 5. The lowest BCUT2D eigenvalue weighted by molar-refractivity contribution is -0.0796.